The van der Waals surface area contributed by atoms with Crippen LogP contribution >= 0.6 is 11.6 Å². The predicted octanol–water partition coefficient (Wildman–Crippen LogP) is 5.55. The number of halogens is 1. The first kappa shape index (κ1) is 23.0. The summed E-state index contributed by atoms with van der Waals surface area (Å²) in [5.41, 5.74) is 4.47. The van der Waals surface area contributed by atoms with E-state index in [9.17, 15) is 9.59 Å². The van der Waals surface area contributed by atoms with Crippen molar-refractivity contribution in [3.63, 3.8) is 0 Å². The topological polar surface area (TPSA) is 77.0 Å². The van der Waals surface area contributed by atoms with Crippen LogP contribution in [-0.4, -0.2) is 24.7 Å². The molecule has 170 valence electrons. The zero-order valence-corrected chi connectivity index (χ0v) is 19.1. The van der Waals surface area contributed by atoms with E-state index in [1.54, 1.807) is 42.5 Å². The minimum absolute atomic E-state index is 0.186. The van der Waals surface area contributed by atoms with Crippen LogP contribution in [0.5, 0.6) is 11.5 Å². The average molecular weight is 473 g/mol. The highest BCUT2D eigenvalue weighted by Crippen LogP contribution is 2.27. The van der Waals surface area contributed by atoms with Crippen LogP contribution in [0.15, 0.2) is 90.0 Å². The van der Waals surface area contributed by atoms with Gasteiger partial charge in [-0.25, -0.2) is 10.2 Å². The van der Waals surface area contributed by atoms with Gasteiger partial charge in [-0.15, -0.1) is 0 Å². The van der Waals surface area contributed by atoms with Crippen LogP contribution in [0.4, 0.5) is 0 Å². The summed E-state index contributed by atoms with van der Waals surface area (Å²) >= 11 is 5.90. The Morgan fingerprint density at radius 3 is 2.44 bits per heavy atom. The first-order valence-corrected chi connectivity index (χ1v) is 10.9. The van der Waals surface area contributed by atoms with Gasteiger partial charge >= 0.3 is 5.97 Å². The summed E-state index contributed by atoms with van der Waals surface area (Å²) in [5.74, 6) is -0.0448. The molecule has 6 nitrogen and oxygen atoms in total. The second-order valence-corrected chi connectivity index (χ2v) is 7.93. The van der Waals surface area contributed by atoms with E-state index in [-0.39, 0.29) is 6.61 Å². The number of carbonyl (C=O) groups is 2. The van der Waals surface area contributed by atoms with Gasteiger partial charge in [0.1, 0.15) is 11.5 Å². The maximum absolute atomic E-state index is 12.6. The summed E-state index contributed by atoms with van der Waals surface area (Å²) in [6, 6.07) is 25.0. The minimum atomic E-state index is -0.530. The Bertz CT molecular complexity index is 1350. The molecule has 0 bridgehead atoms. The van der Waals surface area contributed by atoms with Crippen LogP contribution in [-0.2, 0) is 4.79 Å². The second-order valence-electron chi connectivity index (χ2n) is 7.49. The Morgan fingerprint density at radius 1 is 0.941 bits per heavy atom. The summed E-state index contributed by atoms with van der Waals surface area (Å²) in [6.45, 7) is 1.79. The standard InChI is InChI=1S/C27H21ClN2O4/c1-18-6-13-22(14-7-18)33-17-26(31)30-29-16-24-23-5-3-2-4-19(23)10-15-25(24)34-27(32)20-8-11-21(28)12-9-20/h2-16H,17H2,1H3,(H,30,31)/b29-16+. The number of nitrogens with zero attached hydrogens (tertiary/aromatic N) is 1. The summed E-state index contributed by atoms with van der Waals surface area (Å²) in [6.07, 6.45) is 1.45. The summed E-state index contributed by atoms with van der Waals surface area (Å²) in [4.78, 5) is 24.8. The van der Waals surface area contributed by atoms with E-state index >= 15 is 0 Å². The number of ether oxygens (including phenoxy) is 2. The van der Waals surface area contributed by atoms with Crippen molar-refractivity contribution in [3.8, 4) is 11.5 Å². The normalized spacial score (nSPS) is 10.9. The van der Waals surface area contributed by atoms with Gasteiger partial charge in [0.05, 0.1) is 11.8 Å². The summed E-state index contributed by atoms with van der Waals surface area (Å²) in [5, 5.41) is 6.33. The molecule has 0 heterocycles. The van der Waals surface area contributed by atoms with E-state index < -0.39 is 11.9 Å². The number of hydrazone groups is 1. The summed E-state index contributed by atoms with van der Waals surface area (Å²) in [7, 11) is 0. The lowest BCUT2D eigenvalue weighted by molar-refractivity contribution is -0.123. The number of fused-ring (bicyclic) bond motifs is 1. The highest BCUT2D eigenvalue weighted by molar-refractivity contribution is 6.30. The Kier molecular flexibility index (Phi) is 7.20. The third-order valence-corrected chi connectivity index (χ3v) is 5.24. The molecule has 0 unspecified atom stereocenters. The third kappa shape index (κ3) is 5.79. The van der Waals surface area contributed by atoms with Crippen molar-refractivity contribution in [2.45, 2.75) is 6.92 Å². The van der Waals surface area contributed by atoms with Gasteiger partial charge in [0.15, 0.2) is 6.61 Å². The zero-order chi connectivity index (χ0) is 23.9. The third-order valence-electron chi connectivity index (χ3n) is 4.99. The molecule has 0 atom stereocenters. The molecule has 4 aromatic carbocycles. The number of hydrogen-bond acceptors (Lipinski definition) is 5. The molecular formula is C27H21ClN2O4. The van der Waals surface area contributed by atoms with Gasteiger partial charge in [0, 0.05) is 10.6 Å². The molecule has 0 fully saturated rings. The van der Waals surface area contributed by atoms with Crippen LogP contribution in [0.1, 0.15) is 21.5 Å². The lowest BCUT2D eigenvalue weighted by atomic mass is 10.0. The maximum Gasteiger partial charge on any atom is 0.343 e. The number of benzene rings is 4. The summed E-state index contributed by atoms with van der Waals surface area (Å²) < 4.78 is 11.1. The van der Waals surface area contributed by atoms with Gasteiger partial charge in [0.25, 0.3) is 5.91 Å². The van der Waals surface area contributed by atoms with Gasteiger partial charge < -0.3 is 9.47 Å². The van der Waals surface area contributed by atoms with Crippen molar-refractivity contribution in [1.29, 1.82) is 0 Å². The quantitative estimate of drug-likeness (QED) is 0.165. The number of aryl methyl sites for hydroxylation is 1. The number of nitrogens with one attached hydrogen (secondary N) is 1. The highest BCUT2D eigenvalue weighted by Gasteiger charge is 2.14. The zero-order valence-electron chi connectivity index (χ0n) is 18.3. The number of amides is 1. The van der Waals surface area contributed by atoms with E-state index in [2.05, 4.69) is 10.5 Å². The van der Waals surface area contributed by atoms with Crippen LogP contribution < -0.4 is 14.9 Å². The average Bonchev–Trinajstić information content (AvgIpc) is 2.85. The first-order chi connectivity index (χ1) is 16.5. The van der Waals surface area contributed by atoms with Crippen molar-refractivity contribution >= 4 is 40.5 Å². The largest absolute Gasteiger partial charge is 0.484 e. The number of rotatable bonds is 7. The molecule has 4 aromatic rings. The SMILES string of the molecule is Cc1ccc(OCC(=O)N/N=C/c2c(OC(=O)c3ccc(Cl)cc3)ccc3ccccc23)cc1. The Morgan fingerprint density at radius 2 is 1.68 bits per heavy atom. The fourth-order valence-corrected chi connectivity index (χ4v) is 3.35. The van der Waals surface area contributed by atoms with E-state index in [4.69, 9.17) is 21.1 Å². The molecule has 34 heavy (non-hydrogen) atoms. The molecule has 0 saturated carbocycles. The van der Waals surface area contributed by atoms with Gasteiger partial charge in [-0.05, 0) is 60.2 Å². The van der Waals surface area contributed by atoms with Crippen LogP contribution in [0.2, 0.25) is 5.02 Å². The van der Waals surface area contributed by atoms with E-state index in [0.717, 1.165) is 16.3 Å². The van der Waals surface area contributed by atoms with Crippen molar-refractivity contribution in [2.75, 3.05) is 6.61 Å². The highest BCUT2D eigenvalue weighted by atomic mass is 35.5. The lowest BCUT2D eigenvalue weighted by Gasteiger charge is -2.11. The van der Waals surface area contributed by atoms with Crippen LogP contribution in [0, 0.1) is 6.92 Å². The molecule has 0 aliphatic rings. The smallest absolute Gasteiger partial charge is 0.343 e. The minimum Gasteiger partial charge on any atom is -0.484 e. The van der Waals surface area contributed by atoms with Gasteiger partial charge in [-0.3, -0.25) is 4.79 Å². The van der Waals surface area contributed by atoms with Gasteiger partial charge in [-0.2, -0.15) is 5.10 Å². The molecule has 0 spiro atoms. The Labute approximate surface area is 201 Å². The molecule has 0 radical (unpaired) electrons. The molecular weight excluding hydrogens is 452 g/mol. The lowest BCUT2D eigenvalue weighted by Crippen LogP contribution is -2.24. The molecule has 0 aliphatic carbocycles. The van der Waals surface area contributed by atoms with Crippen molar-refractivity contribution in [1.82, 2.24) is 5.43 Å². The first-order valence-electron chi connectivity index (χ1n) is 10.5. The van der Waals surface area contributed by atoms with Crippen LogP contribution in [0.3, 0.4) is 0 Å². The molecule has 0 saturated heterocycles. The van der Waals surface area contributed by atoms with Gasteiger partial charge in [-0.1, -0.05) is 59.6 Å². The fraction of sp³-hybridized carbons (Fsp3) is 0.0741. The molecule has 1 N–H and O–H groups in total. The molecule has 7 heteroatoms. The number of esters is 1. The van der Waals surface area contributed by atoms with E-state index in [1.807, 2.05) is 49.4 Å². The van der Waals surface area contributed by atoms with Crippen LogP contribution in [0.25, 0.3) is 10.8 Å². The Balaban J connectivity index is 1.50. The molecule has 0 aliphatic heterocycles. The van der Waals surface area contributed by atoms with Crippen molar-refractivity contribution in [3.05, 3.63) is 107 Å². The van der Waals surface area contributed by atoms with E-state index in [1.165, 1.54) is 6.21 Å². The maximum atomic E-state index is 12.6. The van der Waals surface area contributed by atoms with Gasteiger partial charge in [0.2, 0.25) is 0 Å². The van der Waals surface area contributed by atoms with Crippen molar-refractivity contribution in [2.24, 2.45) is 5.10 Å². The number of carbonyl (C=O) groups excluding carboxylic acids is 2. The Hall–Kier alpha value is -4.16. The number of hydrogen-bond donors (Lipinski definition) is 1. The molecule has 0 aromatic heterocycles. The molecule has 4 rings (SSSR count). The monoisotopic (exact) mass is 472 g/mol. The fourth-order valence-electron chi connectivity index (χ4n) is 3.23. The predicted molar refractivity (Wildman–Crippen MR) is 133 cm³/mol. The van der Waals surface area contributed by atoms with E-state index in [0.29, 0.717) is 27.6 Å². The van der Waals surface area contributed by atoms with Crippen molar-refractivity contribution < 1.29 is 19.1 Å². The second kappa shape index (κ2) is 10.6. The molecule has 1 amide bonds.